The van der Waals surface area contributed by atoms with Crippen molar-refractivity contribution in [2.24, 2.45) is 0 Å². The van der Waals surface area contributed by atoms with E-state index in [9.17, 15) is 8.78 Å². The molecule has 0 atom stereocenters. The van der Waals surface area contributed by atoms with Crippen LogP contribution in [0.5, 0.6) is 0 Å². The van der Waals surface area contributed by atoms with Gasteiger partial charge >= 0.3 is 0 Å². The lowest BCUT2D eigenvalue weighted by atomic mass is 10.1. The highest BCUT2D eigenvalue weighted by Gasteiger charge is 2.44. The summed E-state index contributed by atoms with van der Waals surface area (Å²) >= 11 is 0. The van der Waals surface area contributed by atoms with Crippen LogP contribution < -0.4 is 4.90 Å². The van der Waals surface area contributed by atoms with E-state index >= 15 is 0 Å². The van der Waals surface area contributed by atoms with E-state index in [2.05, 4.69) is 20.1 Å². The van der Waals surface area contributed by atoms with E-state index in [0.29, 0.717) is 17.2 Å². The lowest BCUT2D eigenvalue weighted by Crippen LogP contribution is -2.56. The summed E-state index contributed by atoms with van der Waals surface area (Å²) in [6.45, 7) is -0.543. The zero-order valence-corrected chi connectivity index (χ0v) is 14.1. The molecule has 0 unspecified atom stereocenters. The minimum atomic E-state index is -2.62. The van der Waals surface area contributed by atoms with Crippen LogP contribution in [-0.4, -0.2) is 43.7 Å². The van der Waals surface area contributed by atoms with Crippen LogP contribution in [0.25, 0.3) is 28.1 Å². The Kier molecular flexibility index (Phi) is 3.40. The molecule has 0 bridgehead atoms. The summed E-state index contributed by atoms with van der Waals surface area (Å²) in [5, 5.41) is 5.29. The first-order chi connectivity index (χ1) is 13.1. The third kappa shape index (κ3) is 2.88. The average Bonchev–Trinajstić information content (AvgIpc) is 3.10. The average molecular weight is 364 g/mol. The Labute approximate surface area is 153 Å². The lowest BCUT2D eigenvalue weighted by molar-refractivity contribution is -0.0262. The van der Waals surface area contributed by atoms with E-state index in [4.69, 9.17) is 0 Å². The van der Waals surface area contributed by atoms with E-state index in [1.807, 2.05) is 30.5 Å². The second-order valence-corrected chi connectivity index (χ2v) is 6.51. The number of halogens is 2. The second-order valence-electron chi connectivity index (χ2n) is 6.51. The van der Waals surface area contributed by atoms with Crippen LogP contribution in [0, 0.1) is 0 Å². The van der Waals surface area contributed by atoms with Gasteiger partial charge in [0.25, 0.3) is 5.92 Å². The highest BCUT2D eigenvalue weighted by molar-refractivity contribution is 5.80. The van der Waals surface area contributed by atoms with Crippen LogP contribution in [0.3, 0.4) is 0 Å². The zero-order chi connectivity index (χ0) is 18.4. The largest absolute Gasteiger partial charge is 0.359 e. The molecule has 0 spiro atoms. The summed E-state index contributed by atoms with van der Waals surface area (Å²) in [7, 11) is 0. The number of nitrogens with zero attached hydrogens (tertiary/aromatic N) is 6. The van der Waals surface area contributed by atoms with Gasteiger partial charge in [0, 0.05) is 47.5 Å². The number of anilines is 1. The molecule has 5 heterocycles. The van der Waals surface area contributed by atoms with E-state index in [1.54, 1.807) is 40.3 Å². The second kappa shape index (κ2) is 5.80. The van der Waals surface area contributed by atoms with Gasteiger partial charge in [-0.3, -0.25) is 4.98 Å². The van der Waals surface area contributed by atoms with Crippen molar-refractivity contribution in [1.82, 2.24) is 24.7 Å². The maximum Gasteiger partial charge on any atom is 0.282 e. The third-order valence-corrected chi connectivity index (χ3v) is 4.49. The number of pyridine rings is 3. The molecule has 1 aliphatic rings. The third-order valence-electron chi connectivity index (χ3n) is 4.49. The van der Waals surface area contributed by atoms with Crippen LogP contribution in [0.15, 0.2) is 61.2 Å². The molecular formula is C19H14F2N6. The van der Waals surface area contributed by atoms with Gasteiger partial charge < -0.3 is 4.90 Å². The molecule has 0 N–H and O–H groups in total. The SMILES string of the molecule is FC1(F)CN(c2ccnc(-n3cc4cc(-c5ccccn5)cnc4n3)c2)C1. The molecule has 0 radical (unpaired) electrons. The number of alkyl halides is 2. The Morgan fingerprint density at radius 3 is 2.63 bits per heavy atom. The van der Waals surface area contributed by atoms with E-state index in [-0.39, 0.29) is 13.1 Å². The molecule has 0 amide bonds. The first kappa shape index (κ1) is 15.8. The maximum absolute atomic E-state index is 13.1. The van der Waals surface area contributed by atoms with Crippen LogP contribution in [0.4, 0.5) is 14.5 Å². The van der Waals surface area contributed by atoms with Gasteiger partial charge in [-0.25, -0.2) is 23.4 Å². The fraction of sp³-hybridized carbons (Fsp3) is 0.158. The molecule has 134 valence electrons. The molecule has 4 aromatic heterocycles. The van der Waals surface area contributed by atoms with Gasteiger partial charge in [0.15, 0.2) is 11.5 Å². The molecule has 0 aromatic carbocycles. The lowest BCUT2D eigenvalue weighted by Gasteiger charge is -2.40. The van der Waals surface area contributed by atoms with Gasteiger partial charge in [0.05, 0.1) is 18.8 Å². The van der Waals surface area contributed by atoms with Crippen molar-refractivity contribution in [2.45, 2.75) is 5.92 Å². The molecule has 6 nitrogen and oxygen atoms in total. The van der Waals surface area contributed by atoms with Gasteiger partial charge in [0.2, 0.25) is 0 Å². The Bertz CT molecular complexity index is 1120. The number of aromatic nitrogens is 5. The fourth-order valence-corrected chi connectivity index (χ4v) is 3.13. The van der Waals surface area contributed by atoms with Gasteiger partial charge in [-0.05, 0) is 24.3 Å². The molecule has 4 aromatic rings. The van der Waals surface area contributed by atoms with E-state index < -0.39 is 5.92 Å². The smallest absolute Gasteiger partial charge is 0.282 e. The first-order valence-electron chi connectivity index (χ1n) is 8.43. The molecule has 0 saturated carbocycles. The number of hydrogen-bond acceptors (Lipinski definition) is 5. The normalized spacial score (nSPS) is 15.7. The predicted octanol–water partition coefficient (Wildman–Crippen LogP) is 3.33. The van der Waals surface area contributed by atoms with Crippen molar-refractivity contribution in [3.63, 3.8) is 0 Å². The molecule has 1 fully saturated rings. The standard InChI is InChI=1S/C19H14F2N6/c20-19(21)11-26(12-19)15-4-6-23-17(8-15)27-10-14-7-13(9-24-18(14)25-27)16-3-1-2-5-22-16/h1-10H,11-12H2. The number of fused-ring (bicyclic) bond motifs is 1. The summed E-state index contributed by atoms with van der Waals surface area (Å²) < 4.78 is 27.9. The molecule has 1 aliphatic heterocycles. The summed E-state index contributed by atoms with van der Waals surface area (Å²) in [4.78, 5) is 14.7. The monoisotopic (exact) mass is 364 g/mol. The van der Waals surface area contributed by atoms with Crippen LogP contribution in [0.1, 0.15) is 0 Å². The van der Waals surface area contributed by atoms with Crippen molar-refractivity contribution < 1.29 is 8.78 Å². The van der Waals surface area contributed by atoms with Crippen molar-refractivity contribution >= 4 is 16.7 Å². The number of hydrogen-bond donors (Lipinski definition) is 0. The van der Waals surface area contributed by atoms with Gasteiger partial charge in [-0.2, -0.15) is 0 Å². The van der Waals surface area contributed by atoms with Gasteiger partial charge in [-0.1, -0.05) is 6.07 Å². The molecule has 1 saturated heterocycles. The molecular weight excluding hydrogens is 350 g/mol. The summed E-state index contributed by atoms with van der Waals surface area (Å²) in [5.41, 5.74) is 3.01. The van der Waals surface area contributed by atoms with E-state index in [0.717, 1.165) is 16.6 Å². The van der Waals surface area contributed by atoms with Gasteiger partial charge in [0.1, 0.15) is 0 Å². The zero-order valence-electron chi connectivity index (χ0n) is 14.1. The first-order valence-corrected chi connectivity index (χ1v) is 8.43. The predicted molar refractivity (Wildman–Crippen MR) is 97.1 cm³/mol. The summed E-state index contributed by atoms with van der Waals surface area (Å²) in [5.74, 6) is -2.06. The van der Waals surface area contributed by atoms with E-state index in [1.165, 1.54) is 0 Å². The van der Waals surface area contributed by atoms with Crippen LogP contribution in [-0.2, 0) is 0 Å². The topological polar surface area (TPSA) is 59.7 Å². The van der Waals surface area contributed by atoms with Crippen LogP contribution >= 0.6 is 0 Å². The Balaban J connectivity index is 1.49. The Hall–Kier alpha value is -3.42. The molecule has 8 heteroatoms. The molecule has 27 heavy (non-hydrogen) atoms. The van der Waals surface area contributed by atoms with Crippen molar-refractivity contribution in [3.8, 4) is 17.1 Å². The fourth-order valence-electron chi connectivity index (χ4n) is 3.13. The minimum absolute atomic E-state index is 0.271. The van der Waals surface area contributed by atoms with Gasteiger partial charge in [-0.15, -0.1) is 5.10 Å². The Morgan fingerprint density at radius 1 is 0.963 bits per heavy atom. The quantitative estimate of drug-likeness (QED) is 0.558. The highest BCUT2D eigenvalue weighted by Crippen LogP contribution is 2.32. The molecule has 5 rings (SSSR count). The van der Waals surface area contributed by atoms with Crippen LogP contribution in [0.2, 0.25) is 0 Å². The van der Waals surface area contributed by atoms with Crippen molar-refractivity contribution in [1.29, 1.82) is 0 Å². The summed E-state index contributed by atoms with van der Waals surface area (Å²) in [6, 6.07) is 11.1. The minimum Gasteiger partial charge on any atom is -0.359 e. The number of rotatable bonds is 3. The summed E-state index contributed by atoms with van der Waals surface area (Å²) in [6.07, 6.45) is 6.89. The molecule has 0 aliphatic carbocycles. The Morgan fingerprint density at radius 2 is 1.85 bits per heavy atom. The highest BCUT2D eigenvalue weighted by atomic mass is 19.3. The maximum atomic E-state index is 13.1. The van der Waals surface area contributed by atoms with Crippen molar-refractivity contribution in [3.05, 3.63) is 61.2 Å². The van der Waals surface area contributed by atoms with Crippen molar-refractivity contribution in [2.75, 3.05) is 18.0 Å².